The van der Waals surface area contributed by atoms with Crippen LogP contribution in [0, 0.1) is 0 Å². The van der Waals surface area contributed by atoms with Gasteiger partial charge in [0.05, 0.1) is 22.8 Å². The molecule has 0 spiro atoms. The second-order valence-corrected chi connectivity index (χ2v) is 12.0. The van der Waals surface area contributed by atoms with Gasteiger partial charge >= 0.3 is 0 Å². The minimum absolute atomic E-state index is 0.0354. The van der Waals surface area contributed by atoms with Gasteiger partial charge in [-0.25, -0.2) is 4.98 Å². The first-order valence-electron chi connectivity index (χ1n) is 15.3. The number of benzene rings is 7. The quantitative estimate of drug-likeness (QED) is 0.188. The Morgan fingerprint density at radius 3 is 1.86 bits per heavy atom. The van der Waals surface area contributed by atoms with Gasteiger partial charge < -0.3 is 4.90 Å². The third-order valence-corrected chi connectivity index (χ3v) is 9.67. The molecule has 1 aliphatic carbocycles. The van der Waals surface area contributed by atoms with Crippen LogP contribution in [0.4, 0.5) is 11.6 Å². The molecule has 0 amide bonds. The smallest absolute Gasteiger partial charge is 0.216 e. The molecule has 44 heavy (non-hydrogen) atoms. The highest BCUT2D eigenvalue weighted by molar-refractivity contribution is 6.25. The van der Waals surface area contributed by atoms with Gasteiger partial charge in [-0.05, 0) is 78.6 Å². The van der Waals surface area contributed by atoms with Gasteiger partial charge in [-0.2, -0.15) is 0 Å². The first-order valence-corrected chi connectivity index (χ1v) is 15.3. The van der Waals surface area contributed by atoms with Crippen LogP contribution in [-0.2, 0) is 0 Å². The number of anilines is 2. The van der Waals surface area contributed by atoms with E-state index in [1.807, 2.05) is 0 Å². The Balaban J connectivity index is 1.34. The standard InChI is InChI=1S/C41H27N3/c1-2-12-27-24-40-36(23-26(27)11-1)34-17-7-9-19-38(34)44-39-20-10-8-18-37(39)42-41(44)43(40)28-21-22-33-31-15-4-3-13-29(31)30-14-5-6-16-32(30)35(33)25-28/h1-25,36,40H. The van der Waals surface area contributed by atoms with E-state index in [0.29, 0.717) is 0 Å². The number of imidazole rings is 1. The summed E-state index contributed by atoms with van der Waals surface area (Å²) in [5.74, 6) is 1.09. The average Bonchev–Trinajstić information content (AvgIpc) is 3.42. The number of fused-ring (bicyclic) bond motifs is 14. The van der Waals surface area contributed by atoms with Gasteiger partial charge in [-0.3, -0.25) is 4.57 Å². The fraction of sp³-hybridized carbons (Fsp3) is 0.0488. The summed E-state index contributed by atoms with van der Waals surface area (Å²) in [5.41, 5.74) is 5.76. The van der Waals surface area contributed by atoms with Gasteiger partial charge in [-0.1, -0.05) is 121 Å². The van der Waals surface area contributed by atoms with E-state index in [4.69, 9.17) is 4.98 Å². The zero-order valence-electron chi connectivity index (χ0n) is 23.9. The van der Waals surface area contributed by atoms with E-state index in [9.17, 15) is 0 Å². The molecule has 0 saturated carbocycles. The van der Waals surface area contributed by atoms with Gasteiger partial charge in [0.1, 0.15) is 0 Å². The number of nitrogens with zero attached hydrogens (tertiary/aromatic N) is 3. The molecular formula is C41H27N3. The van der Waals surface area contributed by atoms with Crippen LogP contribution in [0.3, 0.4) is 0 Å². The van der Waals surface area contributed by atoms with E-state index in [1.165, 1.54) is 54.0 Å². The van der Waals surface area contributed by atoms with Crippen LogP contribution in [0.2, 0.25) is 0 Å². The Morgan fingerprint density at radius 1 is 0.500 bits per heavy atom. The molecule has 0 fully saturated rings. The third kappa shape index (κ3) is 3.24. The summed E-state index contributed by atoms with van der Waals surface area (Å²) in [6, 6.07) is 50.8. The summed E-state index contributed by atoms with van der Waals surface area (Å²) >= 11 is 0. The monoisotopic (exact) mass is 561 g/mol. The average molecular weight is 562 g/mol. The van der Waals surface area contributed by atoms with Crippen molar-refractivity contribution in [3.8, 4) is 5.69 Å². The first kappa shape index (κ1) is 23.8. The molecule has 2 atom stereocenters. The highest BCUT2D eigenvalue weighted by atomic mass is 15.3. The van der Waals surface area contributed by atoms with E-state index < -0.39 is 0 Å². The molecule has 206 valence electrons. The van der Waals surface area contributed by atoms with Crippen LogP contribution in [0.25, 0.3) is 61.2 Å². The topological polar surface area (TPSA) is 21.1 Å². The lowest BCUT2D eigenvalue weighted by atomic mass is 9.84. The number of hydrogen-bond acceptors (Lipinski definition) is 2. The van der Waals surface area contributed by atoms with Crippen LogP contribution in [-0.4, -0.2) is 15.6 Å². The molecule has 3 heteroatoms. The minimum Gasteiger partial charge on any atom is -0.304 e. The zero-order valence-corrected chi connectivity index (χ0v) is 23.9. The predicted octanol–water partition coefficient (Wildman–Crippen LogP) is 8.36. The van der Waals surface area contributed by atoms with Crippen molar-refractivity contribution in [1.29, 1.82) is 0 Å². The zero-order chi connectivity index (χ0) is 28.8. The number of rotatable bonds is 1. The molecule has 3 nitrogen and oxygen atoms in total. The van der Waals surface area contributed by atoms with Crippen molar-refractivity contribution in [2.75, 3.05) is 4.90 Å². The third-order valence-electron chi connectivity index (χ3n) is 9.67. The molecular weight excluding hydrogens is 534 g/mol. The summed E-state index contributed by atoms with van der Waals surface area (Å²) in [6.07, 6.45) is 4.92. The van der Waals surface area contributed by atoms with Crippen molar-refractivity contribution in [2.45, 2.75) is 12.0 Å². The van der Waals surface area contributed by atoms with Gasteiger partial charge in [-0.15, -0.1) is 0 Å². The lowest BCUT2D eigenvalue weighted by Crippen LogP contribution is -2.42. The van der Waals surface area contributed by atoms with Crippen molar-refractivity contribution in [1.82, 2.24) is 9.55 Å². The van der Waals surface area contributed by atoms with E-state index >= 15 is 0 Å². The molecule has 2 aliphatic rings. The molecule has 0 N–H and O–H groups in total. The van der Waals surface area contributed by atoms with Crippen molar-refractivity contribution in [3.63, 3.8) is 0 Å². The maximum absolute atomic E-state index is 5.36. The molecule has 10 rings (SSSR count). The van der Waals surface area contributed by atoms with Crippen molar-refractivity contribution in [3.05, 3.63) is 156 Å². The van der Waals surface area contributed by atoms with Gasteiger partial charge in [0.2, 0.25) is 5.95 Å². The summed E-state index contributed by atoms with van der Waals surface area (Å²) in [6.45, 7) is 0. The summed E-state index contributed by atoms with van der Waals surface area (Å²) in [4.78, 5) is 7.85. The Kier molecular flexibility index (Phi) is 4.83. The van der Waals surface area contributed by atoms with E-state index in [1.54, 1.807) is 0 Å². The molecule has 0 bridgehead atoms. The molecule has 1 aliphatic heterocycles. The fourth-order valence-electron chi connectivity index (χ4n) is 7.75. The van der Waals surface area contributed by atoms with Crippen molar-refractivity contribution in [2.24, 2.45) is 0 Å². The van der Waals surface area contributed by atoms with Gasteiger partial charge in [0.25, 0.3) is 0 Å². The Morgan fingerprint density at radius 2 is 1.09 bits per heavy atom. The normalized spacial score (nSPS) is 17.0. The summed E-state index contributed by atoms with van der Waals surface area (Å²) in [5, 5.41) is 10.2. The number of hydrogen-bond donors (Lipinski definition) is 0. The first-order chi connectivity index (χ1) is 21.8. The largest absolute Gasteiger partial charge is 0.304 e. The van der Waals surface area contributed by atoms with Crippen LogP contribution in [0.5, 0.6) is 0 Å². The Hall–Kier alpha value is -5.67. The second-order valence-electron chi connectivity index (χ2n) is 12.0. The maximum Gasteiger partial charge on any atom is 0.216 e. The molecule has 8 aromatic rings. The van der Waals surface area contributed by atoms with E-state index in [2.05, 4.69) is 161 Å². The van der Waals surface area contributed by atoms with Crippen LogP contribution < -0.4 is 15.3 Å². The highest BCUT2D eigenvalue weighted by Crippen LogP contribution is 2.46. The molecule has 0 radical (unpaired) electrons. The second kappa shape index (κ2) is 8.92. The molecule has 1 aromatic heterocycles. The van der Waals surface area contributed by atoms with Crippen molar-refractivity contribution < 1.29 is 0 Å². The molecule has 7 aromatic carbocycles. The minimum atomic E-state index is 0.0354. The maximum atomic E-state index is 5.36. The van der Waals surface area contributed by atoms with Gasteiger partial charge in [0, 0.05) is 11.6 Å². The van der Waals surface area contributed by atoms with Crippen molar-refractivity contribution >= 4 is 67.1 Å². The van der Waals surface area contributed by atoms with Crippen LogP contribution >= 0.6 is 0 Å². The SMILES string of the molecule is C1=c2ccccc2=CC2C1c1ccccc1-n1c(nc3ccccc31)N2c1ccc2c3ccccc3c3ccccc3c2c1. The molecule has 2 unspecified atom stereocenters. The van der Waals surface area contributed by atoms with Crippen LogP contribution in [0.1, 0.15) is 11.5 Å². The number of para-hydroxylation sites is 3. The van der Waals surface area contributed by atoms with E-state index in [-0.39, 0.29) is 12.0 Å². The summed E-state index contributed by atoms with van der Waals surface area (Å²) < 4.78 is 2.37. The molecule has 0 saturated heterocycles. The Bertz CT molecular complexity index is 2560. The molecule has 2 heterocycles. The fourth-order valence-corrected chi connectivity index (χ4v) is 7.75. The highest BCUT2D eigenvalue weighted by Gasteiger charge is 2.37. The predicted molar refractivity (Wildman–Crippen MR) is 183 cm³/mol. The Labute approximate surface area is 254 Å². The van der Waals surface area contributed by atoms with Gasteiger partial charge in [0.15, 0.2) is 0 Å². The van der Waals surface area contributed by atoms with Crippen LogP contribution in [0.15, 0.2) is 140 Å². The lowest BCUT2D eigenvalue weighted by molar-refractivity contribution is 0.742. The lowest BCUT2D eigenvalue weighted by Gasteiger charge is -2.34. The summed E-state index contributed by atoms with van der Waals surface area (Å²) in [7, 11) is 0. The number of aromatic nitrogens is 2. The van der Waals surface area contributed by atoms with E-state index in [0.717, 1.165) is 22.7 Å².